The minimum Gasteiger partial charge on any atom is -0.506 e. The maximum Gasteiger partial charge on any atom is 0.140 e. The zero-order valence-corrected chi connectivity index (χ0v) is 15.1. The standard InChI is InChI=1S/C23H17NOS/c1-24-22-19(25)13-18(16-11-10-14-6-2-3-7-15(14)12-16)23-21(22)17-8-4-5-9-20(17)26-23/h2-13,24-25H,1H3. The van der Waals surface area contributed by atoms with Crippen molar-refractivity contribution < 1.29 is 5.11 Å². The van der Waals surface area contributed by atoms with Crippen molar-refractivity contribution in [3.05, 3.63) is 72.8 Å². The van der Waals surface area contributed by atoms with E-state index in [0.29, 0.717) is 0 Å². The summed E-state index contributed by atoms with van der Waals surface area (Å²) in [4.78, 5) is 0. The Morgan fingerprint density at radius 2 is 1.62 bits per heavy atom. The van der Waals surface area contributed by atoms with E-state index in [0.717, 1.165) is 22.2 Å². The molecule has 2 N–H and O–H groups in total. The number of hydrogen-bond donors (Lipinski definition) is 2. The van der Waals surface area contributed by atoms with Crippen molar-refractivity contribution in [2.24, 2.45) is 0 Å². The number of thiophene rings is 1. The molecule has 1 aromatic heterocycles. The maximum atomic E-state index is 10.7. The molecule has 126 valence electrons. The first-order valence-electron chi connectivity index (χ1n) is 8.60. The Labute approximate surface area is 155 Å². The maximum absolute atomic E-state index is 10.7. The molecule has 0 aliphatic rings. The lowest BCUT2D eigenvalue weighted by atomic mass is 9.98. The molecule has 0 aliphatic heterocycles. The van der Waals surface area contributed by atoms with Crippen LogP contribution in [-0.4, -0.2) is 12.2 Å². The summed E-state index contributed by atoms with van der Waals surface area (Å²) in [5, 5.41) is 18.6. The smallest absolute Gasteiger partial charge is 0.140 e. The van der Waals surface area contributed by atoms with Crippen LogP contribution < -0.4 is 5.32 Å². The van der Waals surface area contributed by atoms with Crippen LogP contribution in [-0.2, 0) is 0 Å². The van der Waals surface area contributed by atoms with Crippen LogP contribution in [0.1, 0.15) is 0 Å². The van der Waals surface area contributed by atoms with Crippen LogP contribution in [0.3, 0.4) is 0 Å². The third-order valence-corrected chi connectivity index (χ3v) is 6.14. The topological polar surface area (TPSA) is 32.3 Å². The quantitative estimate of drug-likeness (QED) is 0.349. The fourth-order valence-electron chi connectivity index (χ4n) is 3.71. The first-order chi connectivity index (χ1) is 12.8. The second kappa shape index (κ2) is 5.75. The monoisotopic (exact) mass is 355 g/mol. The molecule has 5 aromatic rings. The molecule has 0 bridgehead atoms. The highest BCUT2D eigenvalue weighted by atomic mass is 32.1. The van der Waals surface area contributed by atoms with Crippen LogP contribution in [0.2, 0.25) is 0 Å². The molecule has 3 heteroatoms. The number of rotatable bonds is 2. The van der Waals surface area contributed by atoms with Crippen molar-refractivity contribution in [1.82, 2.24) is 0 Å². The van der Waals surface area contributed by atoms with Crippen LogP contribution in [0.25, 0.3) is 42.1 Å². The van der Waals surface area contributed by atoms with Gasteiger partial charge in [0.2, 0.25) is 0 Å². The van der Waals surface area contributed by atoms with Crippen molar-refractivity contribution in [3.63, 3.8) is 0 Å². The molecular weight excluding hydrogens is 338 g/mol. The Balaban J connectivity index is 1.90. The Bertz CT molecular complexity index is 1290. The van der Waals surface area contributed by atoms with Gasteiger partial charge in [0.05, 0.1) is 5.69 Å². The molecule has 0 saturated carbocycles. The fourth-order valence-corrected chi connectivity index (χ4v) is 4.96. The molecule has 0 atom stereocenters. The number of phenols is 1. The molecule has 26 heavy (non-hydrogen) atoms. The number of nitrogens with one attached hydrogen (secondary N) is 1. The van der Waals surface area contributed by atoms with E-state index in [-0.39, 0.29) is 5.75 Å². The molecule has 0 radical (unpaired) electrons. The van der Waals surface area contributed by atoms with E-state index in [2.05, 4.69) is 66.0 Å². The molecule has 0 spiro atoms. The molecule has 0 unspecified atom stereocenters. The number of hydrogen-bond acceptors (Lipinski definition) is 3. The lowest BCUT2D eigenvalue weighted by Gasteiger charge is -2.11. The Hall–Kier alpha value is -3.04. The van der Waals surface area contributed by atoms with Gasteiger partial charge < -0.3 is 10.4 Å². The second-order valence-electron chi connectivity index (χ2n) is 6.43. The summed E-state index contributed by atoms with van der Waals surface area (Å²) in [6.07, 6.45) is 0. The minimum absolute atomic E-state index is 0.284. The average molecular weight is 355 g/mol. The molecule has 1 heterocycles. The van der Waals surface area contributed by atoms with Gasteiger partial charge in [-0.15, -0.1) is 11.3 Å². The largest absolute Gasteiger partial charge is 0.506 e. The van der Waals surface area contributed by atoms with Gasteiger partial charge in [0.25, 0.3) is 0 Å². The summed E-state index contributed by atoms with van der Waals surface area (Å²) >= 11 is 1.78. The highest BCUT2D eigenvalue weighted by Gasteiger charge is 2.17. The summed E-state index contributed by atoms with van der Waals surface area (Å²) in [7, 11) is 1.86. The summed E-state index contributed by atoms with van der Waals surface area (Å²) in [5.41, 5.74) is 2.99. The lowest BCUT2D eigenvalue weighted by molar-refractivity contribution is 0.478. The van der Waals surface area contributed by atoms with Crippen LogP contribution in [0.15, 0.2) is 72.8 Å². The van der Waals surface area contributed by atoms with Gasteiger partial charge in [-0.3, -0.25) is 0 Å². The summed E-state index contributed by atoms with van der Waals surface area (Å²) in [5.74, 6) is 0.284. The first kappa shape index (κ1) is 15.2. The van der Waals surface area contributed by atoms with Crippen molar-refractivity contribution in [1.29, 1.82) is 0 Å². The third-order valence-electron chi connectivity index (χ3n) is 4.94. The molecule has 2 nitrogen and oxygen atoms in total. The number of fused-ring (bicyclic) bond motifs is 4. The van der Waals surface area contributed by atoms with E-state index in [1.807, 2.05) is 19.2 Å². The normalized spacial score (nSPS) is 11.4. The second-order valence-corrected chi connectivity index (χ2v) is 7.48. The van der Waals surface area contributed by atoms with Gasteiger partial charge in [-0.1, -0.05) is 54.6 Å². The van der Waals surface area contributed by atoms with Gasteiger partial charge in [-0.25, -0.2) is 0 Å². The average Bonchev–Trinajstić information content (AvgIpc) is 3.06. The third kappa shape index (κ3) is 2.18. The Morgan fingerprint density at radius 1 is 0.846 bits per heavy atom. The van der Waals surface area contributed by atoms with Gasteiger partial charge in [-0.05, 0) is 34.5 Å². The van der Waals surface area contributed by atoms with E-state index < -0.39 is 0 Å². The van der Waals surface area contributed by atoms with E-state index >= 15 is 0 Å². The van der Waals surface area contributed by atoms with Gasteiger partial charge in [-0.2, -0.15) is 0 Å². The molecule has 4 aromatic carbocycles. The molecule has 5 rings (SSSR count). The number of anilines is 1. The SMILES string of the molecule is CNc1c(O)cc(-c2ccc3ccccc3c2)c2sc3ccccc3c12. The highest BCUT2D eigenvalue weighted by molar-refractivity contribution is 7.26. The van der Waals surface area contributed by atoms with Gasteiger partial charge in [0, 0.05) is 32.8 Å². The van der Waals surface area contributed by atoms with Crippen molar-refractivity contribution in [3.8, 4) is 16.9 Å². The van der Waals surface area contributed by atoms with Crippen LogP contribution in [0.4, 0.5) is 5.69 Å². The molecule has 0 saturated heterocycles. The number of benzene rings is 4. The summed E-state index contributed by atoms with van der Waals surface area (Å²) in [6.45, 7) is 0. The van der Waals surface area contributed by atoms with Crippen LogP contribution in [0.5, 0.6) is 5.75 Å². The predicted molar refractivity (Wildman–Crippen MR) is 113 cm³/mol. The van der Waals surface area contributed by atoms with Crippen molar-refractivity contribution in [2.75, 3.05) is 12.4 Å². The van der Waals surface area contributed by atoms with Crippen molar-refractivity contribution in [2.45, 2.75) is 0 Å². The van der Waals surface area contributed by atoms with E-state index in [9.17, 15) is 5.11 Å². The minimum atomic E-state index is 0.284. The number of aromatic hydroxyl groups is 1. The van der Waals surface area contributed by atoms with Crippen LogP contribution >= 0.6 is 11.3 Å². The van der Waals surface area contributed by atoms with E-state index in [4.69, 9.17) is 0 Å². The molecule has 0 amide bonds. The Kier molecular flexibility index (Phi) is 3.37. The molecular formula is C23H17NOS. The summed E-state index contributed by atoms with van der Waals surface area (Å²) in [6, 6.07) is 25.1. The Morgan fingerprint density at radius 3 is 2.46 bits per heavy atom. The van der Waals surface area contributed by atoms with Gasteiger partial charge >= 0.3 is 0 Å². The van der Waals surface area contributed by atoms with E-state index in [1.54, 1.807) is 11.3 Å². The van der Waals surface area contributed by atoms with E-state index in [1.165, 1.54) is 25.6 Å². The van der Waals surface area contributed by atoms with Gasteiger partial charge in [0.1, 0.15) is 5.75 Å². The van der Waals surface area contributed by atoms with Gasteiger partial charge in [0.15, 0.2) is 0 Å². The first-order valence-corrected chi connectivity index (χ1v) is 9.42. The molecule has 0 fully saturated rings. The fraction of sp³-hybridized carbons (Fsp3) is 0.0435. The lowest BCUT2D eigenvalue weighted by Crippen LogP contribution is -1.91. The molecule has 0 aliphatic carbocycles. The van der Waals surface area contributed by atoms with Crippen molar-refractivity contribution >= 4 is 48.0 Å². The number of phenolic OH excluding ortho intramolecular Hbond substituents is 1. The zero-order valence-electron chi connectivity index (χ0n) is 14.3. The predicted octanol–water partition coefficient (Wildman–Crippen LogP) is 6.62. The highest BCUT2D eigenvalue weighted by Crippen LogP contribution is 2.47. The van der Waals surface area contributed by atoms with Crippen LogP contribution in [0, 0.1) is 0 Å². The zero-order chi connectivity index (χ0) is 17.7. The summed E-state index contributed by atoms with van der Waals surface area (Å²) < 4.78 is 2.43.